The van der Waals surface area contributed by atoms with Crippen LogP contribution in [0.1, 0.15) is 13.8 Å². The van der Waals surface area contributed by atoms with Crippen LogP contribution in [0.25, 0.3) is 10.9 Å². The van der Waals surface area contributed by atoms with Crippen LogP contribution in [0.5, 0.6) is 0 Å². The van der Waals surface area contributed by atoms with Crippen molar-refractivity contribution in [3.05, 3.63) is 30.5 Å². The number of pyridine rings is 1. The Bertz CT molecular complexity index is 609. The minimum atomic E-state index is -0.353. The minimum Gasteiger partial charge on any atom is -0.399 e. The molecule has 19 heavy (non-hydrogen) atoms. The Morgan fingerprint density at radius 2 is 2.11 bits per heavy atom. The number of anilines is 2. The summed E-state index contributed by atoms with van der Waals surface area (Å²) in [6.45, 7) is 4.22. The molecule has 0 saturated carbocycles. The summed E-state index contributed by atoms with van der Waals surface area (Å²) in [5, 5.41) is 0.964. The van der Waals surface area contributed by atoms with Crippen LogP contribution in [0.15, 0.2) is 30.5 Å². The number of fused-ring (bicyclic) bond motifs is 1. The topological polar surface area (TPSA) is 85.2 Å². The Morgan fingerprint density at radius 1 is 1.37 bits per heavy atom. The summed E-state index contributed by atoms with van der Waals surface area (Å²) in [5.41, 5.74) is 13.5. The lowest BCUT2D eigenvalue weighted by Gasteiger charge is -2.28. The van der Waals surface area contributed by atoms with Crippen molar-refractivity contribution < 1.29 is 4.79 Å². The van der Waals surface area contributed by atoms with Crippen LogP contribution in [-0.2, 0) is 4.79 Å². The predicted molar refractivity (Wildman–Crippen MR) is 77.8 cm³/mol. The van der Waals surface area contributed by atoms with Gasteiger partial charge in [0.15, 0.2) is 0 Å². The fourth-order valence-corrected chi connectivity index (χ4v) is 2.11. The highest BCUT2D eigenvalue weighted by molar-refractivity contribution is 5.94. The summed E-state index contributed by atoms with van der Waals surface area (Å²) >= 11 is 0. The van der Waals surface area contributed by atoms with Crippen molar-refractivity contribution in [2.75, 3.05) is 17.2 Å². The van der Waals surface area contributed by atoms with Crippen molar-refractivity contribution in [2.45, 2.75) is 19.9 Å². The van der Waals surface area contributed by atoms with Crippen LogP contribution < -0.4 is 16.4 Å². The van der Waals surface area contributed by atoms with E-state index < -0.39 is 0 Å². The molecule has 1 aromatic carbocycles. The Kier molecular flexibility index (Phi) is 3.55. The van der Waals surface area contributed by atoms with Gasteiger partial charge in [0.2, 0.25) is 5.91 Å². The van der Waals surface area contributed by atoms with Gasteiger partial charge in [0.05, 0.1) is 12.1 Å². The number of benzene rings is 1. The smallest absolute Gasteiger partial charge is 0.236 e. The van der Waals surface area contributed by atoms with Gasteiger partial charge in [-0.25, -0.2) is 0 Å². The maximum atomic E-state index is 11.2. The van der Waals surface area contributed by atoms with Crippen molar-refractivity contribution in [2.24, 2.45) is 5.73 Å². The second-order valence-corrected chi connectivity index (χ2v) is 4.79. The maximum absolute atomic E-state index is 11.2. The molecule has 5 nitrogen and oxygen atoms in total. The van der Waals surface area contributed by atoms with Crippen LogP contribution in [0, 0.1) is 0 Å². The second kappa shape index (κ2) is 5.14. The summed E-state index contributed by atoms with van der Waals surface area (Å²) in [6.07, 6.45) is 1.72. The van der Waals surface area contributed by atoms with Crippen LogP contribution in [0.3, 0.4) is 0 Å². The number of aromatic nitrogens is 1. The average molecular weight is 258 g/mol. The molecule has 1 amide bonds. The van der Waals surface area contributed by atoms with E-state index >= 15 is 0 Å². The molecule has 0 aliphatic carbocycles. The summed E-state index contributed by atoms with van der Waals surface area (Å²) in [4.78, 5) is 17.5. The molecule has 0 fully saturated rings. The molecule has 2 rings (SSSR count). The molecule has 100 valence electrons. The van der Waals surface area contributed by atoms with Gasteiger partial charge in [0, 0.05) is 29.0 Å². The molecule has 4 N–H and O–H groups in total. The van der Waals surface area contributed by atoms with E-state index in [4.69, 9.17) is 11.5 Å². The number of carbonyl (C=O) groups excluding carboxylic acids is 1. The molecule has 0 aliphatic rings. The Labute approximate surface area is 112 Å². The van der Waals surface area contributed by atoms with Crippen LogP contribution in [0.2, 0.25) is 0 Å². The Hall–Kier alpha value is -2.30. The van der Waals surface area contributed by atoms with Crippen molar-refractivity contribution >= 4 is 28.2 Å². The fraction of sp³-hybridized carbons (Fsp3) is 0.286. The lowest BCUT2D eigenvalue weighted by atomic mass is 10.1. The standard InChI is InChI=1S/C14H18N4O/c1-9(2)18(8-14(16)19)13-5-6-17-12-7-10(15)3-4-11(12)13/h3-7,9H,8,15H2,1-2H3,(H2,16,19). The Morgan fingerprint density at radius 3 is 2.74 bits per heavy atom. The van der Waals surface area contributed by atoms with E-state index in [2.05, 4.69) is 4.98 Å². The number of hydrogen-bond acceptors (Lipinski definition) is 4. The quantitative estimate of drug-likeness (QED) is 0.814. The second-order valence-electron chi connectivity index (χ2n) is 4.79. The summed E-state index contributed by atoms with van der Waals surface area (Å²) in [5.74, 6) is -0.353. The van der Waals surface area contributed by atoms with Gasteiger partial charge in [0.1, 0.15) is 0 Å². The van der Waals surface area contributed by atoms with Gasteiger partial charge < -0.3 is 16.4 Å². The first kappa shape index (κ1) is 13.1. The number of primary amides is 1. The zero-order valence-corrected chi connectivity index (χ0v) is 11.1. The van der Waals surface area contributed by atoms with Crippen LogP contribution in [-0.4, -0.2) is 23.5 Å². The number of carbonyl (C=O) groups is 1. The molecule has 1 aromatic heterocycles. The number of nitrogen functional groups attached to an aromatic ring is 1. The zero-order chi connectivity index (χ0) is 14.0. The largest absolute Gasteiger partial charge is 0.399 e. The first-order valence-corrected chi connectivity index (χ1v) is 6.18. The van der Waals surface area contributed by atoms with Gasteiger partial charge in [-0.15, -0.1) is 0 Å². The zero-order valence-electron chi connectivity index (χ0n) is 11.1. The van der Waals surface area contributed by atoms with Gasteiger partial charge in [-0.2, -0.15) is 0 Å². The summed E-state index contributed by atoms with van der Waals surface area (Å²) < 4.78 is 0. The number of amides is 1. The third-order valence-corrected chi connectivity index (χ3v) is 3.00. The highest BCUT2D eigenvalue weighted by Gasteiger charge is 2.15. The molecular formula is C14H18N4O. The van der Waals surface area contributed by atoms with Crippen LogP contribution in [0.4, 0.5) is 11.4 Å². The lowest BCUT2D eigenvalue weighted by molar-refractivity contribution is -0.116. The molecule has 0 atom stereocenters. The number of hydrogen-bond donors (Lipinski definition) is 2. The molecule has 5 heteroatoms. The highest BCUT2D eigenvalue weighted by Crippen LogP contribution is 2.27. The van der Waals surface area contributed by atoms with E-state index in [9.17, 15) is 4.79 Å². The fourth-order valence-electron chi connectivity index (χ4n) is 2.11. The molecule has 0 aliphatic heterocycles. The minimum absolute atomic E-state index is 0.163. The normalized spacial score (nSPS) is 10.9. The molecule has 1 heterocycles. The van der Waals surface area contributed by atoms with Crippen LogP contribution >= 0.6 is 0 Å². The lowest BCUT2D eigenvalue weighted by Crippen LogP contribution is -2.38. The number of nitrogens with zero attached hydrogens (tertiary/aromatic N) is 2. The van der Waals surface area contributed by atoms with Crippen molar-refractivity contribution in [3.8, 4) is 0 Å². The SMILES string of the molecule is CC(C)N(CC(N)=O)c1ccnc2cc(N)ccc12. The first-order chi connectivity index (χ1) is 8.99. The van der Waals surface area contributed by atoms with Crippen molar-refractivity contribution in [1.29, 1.82) is 0 Å². The maximum Gasteiger partial charge on any atom is 0.236 e. The van der Waals surface area contributed by atoms with Gasteiger partial charge in [-0.1, -0.05) is 0 Å². The number of rotatable bonds is 4. The van der Waals surface area contributed by atoms with Crippen molar-refractivity contribution in [3.63, 3.8) is 0 Å². The average Bonchev–Trinajstić information content (AvgIpc) is 2.34. The molecular weight excluding hydrogens is 240 g/mol. The van der Waals surface area contributed by atoms with Gasteiger partial charge >= 0.3 is 0 Å². The molecule has 0 spiro atoms. The van der Waals surface area contributed by atoms with Gasteiger partial charge in [-0.05, 0) is 38.1 Å². The van der Waals surface area contributed by atoms with E-state index in [0.717, 1.165) is 16.6 Å². The first-order valence-electron chi connectivity index (χ1n) is 6.18. The third kappa shape index (κ3) is 2.76. The summed E-state index contributed by atoms with van der Waals surface area (Å²) in [6, 6.07) is 7.62. The monoisotopic (exact) mass is 258 g/mol. The van der Waals surface area contributed by atoms with E-state index in [-0.39, 0.29) is 18.5 Å². The highest BCUT2D eigenvalue weighted by atomic mass is 16.1. The van der Waals surface area contributed by atoms with Gasteiger partial charge in [-0.3, -0.25) is 9.78 Å². The van der Waals surface area contributed by atoms with Gasteiger partial charge in [0.25, 0.3) is 0 Å². The molecule has 0 radical (unpaired) electrons. The third-order valence-electron chi connectivity index (χ3n) is 3.00. The molecule has 0 unspecified atom stereocenters. The van der Waals surface area contributed by atoms with E-state index in [1.54, 1.807) is 6.20 Å². The molecule has 2 aromatic rings. The predicted octanol–water partition coefficient (Wildman–Crippen LogP) is 1.52. The van der Waals surface area contributed by atoms with E-state index in [1.807, 2.05) is 43.0 Å². The molecule has 0 saturated heterocycles. The Balaban J connectivity index is 2.56. The molecule has 0 bridgehead atoms. The van der Waals surface area contributed by atoms with E-state index in [0.29, 0.717) is 5.69 Å². The number of nitrogens with two attached hydrogens (primary N) is 2. The van der Waals surface area contributed by atoms with E-state index in [1.165, 1.54) is 0 Å². The summed E-state index contributed by atoms with van der Waals surface area (Å²) in [7, 11) is 0. The van der Waals surface area contributed by atoms with Crippen molar-refractivity contribution in [1.82, 2.24) is 4.98 Å².